The van der Waals surface area contributed by atoms with Gasteiger partial charge in [0.2, 0.25) is 0 Å². The number of nitrogens with zero attached hydrogens (tertiary/aromatic N) is 2. The van der Waals surface area contributed by atoms with Crippen molar-refractivity contribution in [2.75, 3.05) is 7.11 Å². The van der Waals surface area contributed by atoms with Crippen LogP contribution in [0.1, 0.15) is 17.0 Å². The van der Waals surface area contributed by atoms with Crippen molar-refractivity contribution < 1.29 is 4.74 Å². The summed E-state index contributed by atoms with van der Waals surface area (Å²) in [4.78, 5) is 17.2. The molecule has 0 saturated carbocycles. The van der Waals surface area contributed by atoms with Gasteiger partial charge in [0.1, 0.15) is 10.8 Å². The van der Waals surface area contributed by atoms with Crippen LogP contribution in [0.25, 0.3) is 16.8 Å². The summed E-state index contributed by atoms with van der Waals surface area (Å²) in [7, 11) is 1.63. The third-order valence-electron chi connectivity index (χ3n) is 4.57. The van der Waals surface area contributed by atoms with E-state index in [0.717, 1.165) is 28.1 Å². The van der Waals surface area contributed by atoms with E-state index in [1.807, 2.05) is 42.5 Å². The van der Waals surface area contributed by atoms with Crippen molar-refractivity contribution in [3.8, 4) is 16.9 Å². The van der Waals surface area contributed by atoms with Crippen molar-refractivity contribution in [2.45, 2.75) is 13.3 Å². The fraction of sp³-hybridized carbons (Fsp3) is 0.143. The number of hydrogen-bond donors (Lipinski definition) is 1. The topological polar surface area (TPSA) is 59.4 Å². The monoisotopic (exact) mass is 379 g/mol. The highest BCUT2D eigenvalue weighted by Gasteiger charge is 2.19. The molecular formula is C21H18ClN3O2. The van der Waals surface area contributed by atoms with Crippen LogP contribution in [0.15, 0.2) is 59.4 Å². The van der Waals surface area contributed by atoms with E-state index in [9.17, 15) is 4.79 Å². The minimum atomic E-state index is -0.298. The summed E-state index contributed by atoms with van der Waals surface area (Å²) in [6.45, 7) is 1.74. The van der Waals surface area contributed by atoms with Crippen LogP contribution in [-0.2, 0) is 6.42 Å². The highest BCUT2D eigenvalue weighted by atomic mass is 35.5. The van der Waals surface area contributed by atoms with E-state index in [-0.39, 0.29) is 10.6 Å². The number of aromatic amines is 1. The average molecular weight is 380 g/mol. The molecule has 4 aromatic rings. The zero-order chi connectivity index (χ0) is 19.0. The Morgan fingerprint density at radius 3 is 2.48 bits per heavy atom. The summed E-state index contributed by atoms with van der Waals surface area (Å²) in [5, 5.41) is 3.33. The lowest BCUT2D eigenvalue weighted by molar-refractivity contribution is 0.415. The third kappa shape index (κ3) is 3.11. The molecule has 4 rings (SSSR count). The molecule has 136 valence electrons. The Hall–Kier alpha value is -3.05. The zero-order valence-electron chi connectivity index (χ0n) is 15.0. The maximum absolute atomic E-state index is 12.6. The summed E-state index contributed by atoms with van der Waals surface area (Å²) in [6, 6.07) is 17.8. The number of H-pyrrole nitrogens is 1. The van der Waals surface area contributed by atoms with Crippen LogP contribution in [0.4, 0.5) is 0 Å². The van der Waals surface area contributed by atoms with E-state index in [0.29, 0.717) is 17.8 Å². The number of hydrogen-bond acceptors (Lipinski definition) is 3. The third-order valence-corrected chi connectivity index (χ3v) is 5.00. The van der Waals surface area contributed by atoms with E-state index >= 15 is 0 Å². The first-order valence-corrected chi connectivity index (χ1v) is 8.94. The van der Waals surface area contributed by atoms with Crippen LogP contribution < -0.4 is 10.3 Å². The van der Waals surface area contributed by atoms with E-state index in [1.54, 1.807) is 14.0 Å². The second-order valence-electron chi connectivity index (χ2n) is 6.33. The van der Waals surface area contributed by atoms with Crippen molar-refractivity contribution in [3.05, 3.63) is 86.9 Å². The van der Waals surface area contributed by atoms with E-state index in [2.05, 4.69) is 22.2 Å². The molecule has 0 saturated heterocycles. The molecule has 0 fully saturated rings. The lowest BCUT2D eigenvalue weighted by atomic mass is 10.0. The van der Waals surface area contributed by atoms with Gasteiger partial charge in [-0.3, -0.25) is 9.89 Å². The molecule has 0 bridgehead atoms. The largest absolute Gasteiger partial charge is 0.497 e. The molecule has 1 N–H and O–H groups in total. The molecule has 0 unspecified atom stereocenters. The van der Waals surface area contributed by atoms with Crippen molar-refractivity contribution in [2.24, 2.45) is 0 Å². The van der Waals surface area contributed by atoms with Gasteiger partial charge in [-0.15, -0.1) is 0 Å². The zero-order valence-corrected chi connectivity index (χ0v) is 15.7. The molecule has 0 aliphatic rings. The standard InChI is InChI=1S/C21H18ClN3O2/c1-13-19(22)21(26)25-20(23-13)18(15-8-10-16(27-2)11-9-15)17(24-25)12-14-6-4-3-5-7-14/h3-11,24H,12H2,1-2H3. The van der Waals surface area contributed by atoms with Crippen LogP contribution in [0.5, 0.6) is 5.75 Å². The van der Waals surface area contributed by atoms with Gasteiger partial charge in [-0.1, -0.05) is 54.1 Å². The van der Waals surface area contributed by atoms with Gasteiger partial charge < -0.3 is 4.74 Å². The molecule has 27 heavy (non-hydrogen) atoms. The molecular weight excluding hydrogens is 362 g/mol. The van der Waals surface area contributed by atoms with Gasteiger partial charge in [0.15, 0.2) is 5.65 Å². The number of aryl methyl sites for hydroxylation is 1. The SMILES string of the molecule is COc1ccc(-c2c(Cc3ccccc3)[nH]n3c(=O)c(Cl)c(C)nc23)cc1. The molecule has 0 atom stereocenters. The minimum Gasteiger partial charge on any atom is -0.497 e. The number of methoxy groups -OCH3 is 1. The first-order chi connectivity index (χ1) is 13.1. The van der Waals surface area contributed by atoms with Crippen LogP contribution in [0.2, 0.25) is 5.02 Å². The smallest absolute Gasteiger partial charge is 0.291 e. The number of halogens is 1. The number of ether oxygens (including phenoxy) is 1. The summed E-state index contributed by atoms with van der Waals surface area (Å²) in [6.07, 6.45) is 0.641. The predicted molar refractivity (Wildman–Crippen MR) is 107 cm³/mol. The first-order valence-electron chi connectivity index (χ1n) is 8.56. The Morgan fingerprint density at radius 1 is 1.11 bits per heavy atom. The van der Waals surface area contributed by atoms with E-state index < -0.39 is 0 Å². The quantitative estimate of drug-likeness (QED) is 0.576. The van der Waals surface area contributed by atoms with E-state index in [4.69, 9.17) is 16.3 Å². The number of aromatic nitrogens is 3. The lowest BCUT2D eigenvalue weighted by Gasteiger charge is -2.06. The van der Waals surface area contributed by atoms with Gasteiger partial charge >= 0.3 is 0 Å². The number of nitrogens with one attached hydrogen (secondary N) is 1. The second kappa shape index (κ2) is 6.93. The second-order valence-corrected chi connectivity index (χ2v) is 6.71. The summed E-state index contributed by atoms with van der Waals surface area (Å²) < 4.78 is 6.68. The van der Waals surface area contributed by atoms with Gasteiger partial charge in [-0.25, -0.2) is 4.98 Å². The summed E-state index contributed by atoms with van der Waals surface area (Å²) >= 11 is 6.13. The van der Waals surface area contributed by atoms with Gasteiger partial charge in [0.25, 0.3) is 5.56 Å². The van der Waals surface area contributed by atoms with Crippen LogP contribution >= 0.6 is 11.6 Å². The Morgan fingerprint density at radius 2 is 1.81 bits per heavy atom. The molecule has 6 heteroatoms. The Balaban J connectivity index is 1.97. The molecule has 0 aliphatic carbocycles. The van der Waals surface area contributed by atoms with Crippen molar-refractivity contribution >= 4 is 17.2 Å². The normalized spacial score (nSPS) is 11.1. The van der Waals surface area contributed by atoms with Gasteiger partial charge in [-0.2, -0.15) is 4.52 Å². The Bertz CT molecular complexity index is 1160. The Labute approximate surface area is 161 Å². The van der Waals surface area contributed by atoms with Gasteiger partial charge in [0, 0.05) is 17.7 Å². The average Bonchev–Trinajstić information content (AvgIpc) is 3.05. The molecule has 0 radical (unpaired) electrons. The van der Waals surface area contributed by atoms with Crippen LogP contribution in [-0.4, -0.2) is 21.7 Å². The molecule has 2 aromatic carbocycles. The van der Waals surface area contributed by atoms with Gasteiger partial charge in [0.05, 0.1) is 12.8 Å². The maximum atomic E-state index is 12.6. The highest BCUT2D eigenvalue weighted by Crippen LogP contribution is 2.30. The van der Waals surface area contributed by atoms with Crippen molar-refractivity contribution in [3.63, 3.8) is 0 Å². The number of fused-ring (bicyclic) bond motifs is 1. The fourth-order valence-corrected chi connectivity index (χ4v) is 3.32. The molecule has 2 heterocycles. The van der Waals surface area contributed by atoms with Crippen molar-refractivity contribution in [1.82, 2.24) is 14.6 Å². The molecule has 0 amide bonds. The fourth-order valence-electron chi connectivity index (χ4n) is 3.19. The predicted octanol–water partition coefficient (Wildman–Crippen LogP) is 4.25. The number of rotatable bonds is 4. The van der Waals surface area contributed by atoms with Crippen LogP contribution in [0, 0.1) is 6.92 Å². The van der Waals surface area contributed by atoms with Gasteiger partial charge in [-0.05, 0) is 30.2 Å². The van der Waals surface area contributed by atoms with Crippen LogP contribution in [0.3, 0.4) is 0 Å². The first kappa shape index (κ1) is 17.4. The molecule has 0 spiro atoms. The molecule has 0 aliphatic heterocycles. The van der Waals surface area contributed by atoms with E-state index in [1.165, 1.54) is 4.52 Å². The summed E-state index contributed by atoms with van der Waals surface area (Å²) in [5.74, 6) is 0.771. The Kier molecular flexibility index (Phi) is 4.46. The molecule has 2 aromatic heterocycles. The lowest BCUT2D eigenvalue weighted by Crippen LogP contribution is -2.17. The minimum absolute atomic E-state index is 0.126. The molecule has 5 nitrogen and oxygen atoms in total. The van der Waals surface area contributed by atoms with Crippen molar-refractivity contribution in [1.29, 1.82) is 0 Å². The maximum Gasteiger partial charge on any atom is 0.291 e. The highest BCUT2D eigenvalue weighted by molar-refractivity contribution is 6.31. The number of benzene rings is 2. The summed E-state index contributed by atoms with van der Waals surface area (Å²) in [5.41, 5.74) is 4.66.